The lowest BCUT2D eigenvalue weighted by atomic mass is 10.0. The van der Waals surface area contributed by atoms with Crippen LogP contribution in [0.5, 0.6) is 5.75 Å². The molecule has 2 N–H and O–H groups in total. The molecule has 1 fully saturated rings. The van der Waals surface area contributed by atoms with Gasteiger partial charge in [0.1, 0.15) is 18.0 Å². The number of carboxylic acids is 1. The van der Waals surface area contributed by atoms with Crippen LogP contribution >= 0.6 is 0 Å². The molecular formula is C26H25N3O5S. The Bertz CT molecular complexity index is 1470. The molecule has 0 radical (unpaired) electrons. The summed E-state index contributed by atoms with van der Waals surface area (Å²) in [4.78, 5) is 18.9. The smallest absolute Gasteiger partial charge is 0.307 e. The molecule has 35 heavy (non-hydrogen) atoms. The van der Waals surface area contributed by atoms with E-state index in [0.717, 1.165) is 35.0 Å². The summed E-state index contributed by atoms with van der Waals surface area (Å²) in [6, 6.07) is 17.9. The van der Waals surface area contributed by atoms with Crippen molar-refractivity contribution in [2.75, 3.05) is 13.1 Å². The van der Waals surface area contributed by atoms with Gasteiger partial charge in [0, 0.05) is 24.7 Å². The van der Waals surface area contributed by atoms with Crippen molar-refractivity contribution in [2.45, 2.75) is 30.8 Å². The van der Waals surface area contributed by atoms with Crippen LogP contribution in [0.4, 0.5) is 0 Å². The molecule has 0 amide bonds. The average molecular weight is 492 g/mol. The van der Waals surface area contributed by atoms with E-state index in [4.69, 9.17) is 9.84 Å². The Morgan fingerprint density at radius 1 is 1.06 bits per heavy atom. The van der Waals surface area contributed by atoms with Gasteiger partial charge < -0.3 is 14.8 Å². The Morgan fingerprint density at radius 2 is 1.83 bits per heavy atom. The predicted molar refractivity (Wildman–Crippen MR) is 132 cm³/mol. The fourth-order valence-corrected chi connectivity index (χ4v) is 5.89. The zero-order chi connectivity index (χ0) is 24.4. The molecule has 8 nitrogen and oxygen atoms in total. The SMILES string of the molecule is O=C(O)Cc1cccc(OCc2cc3c(-c4ccc(S(=O)(=O)N5CCCC5)cc4)ccnc3[nH]2)c1. The van der Waals surface area contributed by atoms with Crippen LogP contribution in [0.2, 0.25) is 0 Å². The maximum absolute atomic E-state index is 12.8. The molecular weight excluding hydrogens is 466 g/mol. The lowest BCUT2D eigenvalue weighted by Crippen LogP contribution is -2.27. The zero-order valence-corrected chi connectivity index (χ0v) is 19.8. The number of carbonyl (C=O) groups is 1. The first-order valence-electron chi connectivity index (χ1n) is 11.4. The third kappa shape index (κ3) is 4.91. The Balaban J connectivity index is 1.36. The normalized spacial score (nSPS) is 14.4. The number of rotatable bonds is 8. The second-order valence-corrected chi connectivity index (χ2v) is 10.5. The lowest BCUT2D eigenvalue weighted by Gasteiger charge is -2.15. The first-order valence-corrected chi connectivity index (χ1v) is 12.8. The Kier molecular flexibility index (Phi) is 6.27. The van der Waals surface area contributed by atoms with E-state index in [0.29, 0.717) is 34.9 Å². The highest BCUT2D eigenvalue weighted by atomic mass is 32.2. The molecule has 1 aliphatic rings. The number of ether oxygens (including phenoxy) is 1. The van der Waals surface area contributed by atoms with Crippen LogP contribution in [-0.4, -0.2) is 46.9 Å². The molecule has 2 aromatic heterocycles. The molecule has 1 aliphatic heterocycles. The van der Waals surface area contributed by atoms with Crippen molar-refractivity contribution in [3.05, 3.63) is 78.1 Å². The summed E-state index contributed by atoms with van der Waals surface area (Å²) in [5.74, 6) is -0.302. The maximum atomic E-state index is 12.8. The number of hydrogen-bond donors (Lipinski definition) is 2. The van der Waals surface area contributed by atoms with Gasteiger partial charge in [-0.3, -0.25) is 4.79 Å². The van der Waals surface area contributed by atoms with Gasteiger partial charge in [-0.2, -0.15) is 4.31 Å². The van der Waals surface area contributed by atoms with Crippen molar-refractivity contribution in [1.82, 2.24) is 14.3 Å². The summed E-state index contributed by atoms with van der Waals surface area (Å²) in [5, 5.41) is 9.89. The van der Waals surface area contributed by atoms with Crippen molar-refractivity contribution in [2.24, 2.45) is 0 Å². The largest absolute Gasteiger partial charge is 0.487 e. The first kappa shape index (κ1) is 23.1. The standard InChI is InChI=1S/C26H25N3O5S/c30-25(31)15-18-4-3-5-21(14-18)34-17-20-16-24-23(10-11-27-26(24)28-20)19-6-8-22(9-7-19)35(32,33)29-12-1-2-13-29/h3-11,14,16H,1-2,12-13,15,17H2,(H,27,28)(H,30,31). The van der Waals surface area contributed by atoms with Crippen LogP contribution in [0.3, 0.4) is 0 Å². The molecule has 9 heteroatoms. The second-order valence-electron chi connectivity index (χ2n) is 8.56. The quantitative estimate of drug-likeness (QED) is 0.382. The number of aromatic amines is 1. The van der Waals surface area contributed by atoms with E-state index in [2.05, 4.69) is 9.97 Å². The van der Waals surface area contributed by atoms with Crippen molar-refractivity contribution in [3.8, 4) is 16.9 Å². The summed E-state index contributed by atoms with van der Waals surface area (Å²) in [6.45, 7) is 1.42. The Hall–Kier alpha value is -3.69. The fraction of sp³-hybridized carbons (Fsp3) is 0.231. The number of pyridine rings is 1. The average Bonchev–Trinajstić information content (AvgIpc) is 3.53. The molecule has 2 aromatic carbocycles. The highest BCUT2D eigenvalue weighted by molar-refractivity contribution is 7.89. The number of hydrogen-bond acceptors (Lipinski definition) is 5. The summed E-state index contributed by atoms with van der Waals surface area (Å²) in [6.07, 6.45) is 3.46. The molecule has 0 saturated carbocycles. The van der Waals surface area contributed by atoms with E-state index in [1.165, 1.54) is 0 Å². The van der Waals surface area contributed by atoms with E-state index in [-0.39, 0.29) is 13.0 Å². The molecule has 0 aliphatic carbocycles. The summed E-state index contributed by atoms with van der Waals surface area (Å²) < 4.78 is 33.1. The molecule has 0 unspecified atom stereocenters. The van der Waals surface area contributed by atoms with Gasteiger partial charge in [0.05, 0.1) is 17.0 Å². The number of sulfonamides is 1. The van der Waals surface area contributed by atoms with E-state index >= 15 is 0 Å². The number of carboxylic acid groups (broad SMARTS) is 1. The van der Waals surface area contributed by atoms with Crippen molar-refractivity contribution in [1.29, 1.82) is 0 Å². The zero-order valence-electron chi connectivity index (χ0n) is 19.0. The van der Waals surface area contributed by atoms with Gasteiger partial charge in [-0.1, -0.05) is 24.3 Å². The van der Waals surface area contributed by atoms with Crippen molar-refractivity contribution in [3.63, 3.8) is 0 Å². The van der Waals surface area contributed by atoms with Gasteiger partial charge >= 0.3 is 5.97 Å². The summed E-state index contributed by atoms with van der Waals surface area (Å²) in [7, 11) is -3.45. The van der Waals surface area contributed by atoms with Gasteiger partial charge in [0.2, 0.25) is 10.0 Å². The molecule has 5 rings (SSSR count). The molecule has 0 atom stereocenters. The number of fused-ring (bicyclic) bond motifs is 1. The van der Waals surface area contributed by atoms with Crippen molar-refractivity contribution >= 4 is 27.0 Å². The van der Waals surface area contributed by atoms with Crippen LogP contribution < -0.4 is 4.74 Å². The fourth-order valence-electron chi connectivity index (χ4n) is 4.38. The highest BCUT2D eigenvalue weighted by Gasteiger charge is 2.27. The van der Waals surface area contributed by atoms with E-state index in [9.17, 15) is 13.2 Å². The maximum Gasteiger partial charge on any atom is 0.307 e. The van der Waals surface area contributed by atoms with Gasteiger partial charge in [-0.25, -0.2) is 13.4 Å². The Labute approximate surface area is 203 Å². The summed E-state index contributed by atoms with van der Waals surface area (Å²) in [5.41, 5.74) is 4.02. The number of benzene rings is 2. The van der Waals surface area contributed by atoms with Crippen LogP contribution in [0.15, 0.2) is 71.8 Å². The van der Waals surface area contributed by atoms with Gasteiger partial charge in [0.15, 0.2) is 0 Å². The monoisotopic (exact) mass is 491 g/mol. The Morgan fingerprint density at radius 3 is 2.57 bits per heavy atom. The molecule has 1 saturated heterocycles. The topological polar surface area (TPSA) is 113 Å². The minimum absolute atomic E-state index is 0.0605. The number of aliphatic carboxylic acids is 1. The van der Waals surface area contributed by atoms with Crippen LogP contribution in [0.25, 0.3) is 22.2 Å². The first-order chi connectivity index (χ1) is 16.9. The van der Waals surface area contributed by atoms with Crippen molar-refractivity contribution < 1.29 is 23.1 Å². The third-order valence-electron chi connectivity index (χ3n) is 6.10. The molecule has 3 heterocycles. The number of H-pyrrole nitrogens is 1. The van der Waals surface area contributed by atoms with Gasteiger partial charge in [-0.05, 0) is 65.9 Å². The van der Waals surface area contributed by atoms with E-state index in [1.807, 2.05) is 24.3 Å². The minimum Gasteiger partial charge on any atom is -0.487 e. The van der Waals surface area contributed by atoms with E-state index < -0.39 is 16.0 Å². The molecule has 180 valence electrons. The highest BCUT2D eigenvalue weighted by Crippen LogP contribution is 2.30. The number of aromatic nitrogens is 2. The van der Waals surface area contributed by atoms with E-state index in [1.54, 1.807) is 46.9 Å². The minimum atomic E-state index is -3.45. The molecule has 0 spiro atoms. The third-order valence-corrected chi connectivity index (χ3v) is 8.02. The molecule has 0 bridgehead atoms. The van der Waals surface area contributed by atoms with Crippen LogP contribution in [0.1, 0.15) is 24.1 Å². The number of nitrogens with one attached hydrogen (secondary N) is 1. The van der Waals surface area contributed by atoms with Crippen LogP contribution in [0, 0.1) is 0 Å². The molecule has 4 aromatic rings. The summed E-state index contributed by atoms with van der Waals surface area (Å²) >= 11 is 0. The second kappa shape index (κ2) is 9.52. The number of nitrogens with zero attached hydrogens (tertiary/aromatic N) is 2. The van der Waals surface area contributed by atoms with Gasteiger partial charge in [-0.15, -0.1) is 0 Å². The predicted octanol–water partition coefficient (Wildman–Crippen LogP) is 4.22. The van der Waals surface area contributed by atoms with Crippen LogP contribution in [-0.2, 0) is 27.8 Å². The van der Waals surface area contributed by atoms with Gasteiger partial charge in [0.25, 0.3) is 0 Å². The lowest BCUT2D eigenvalue weighted by molar-refractivity contribution is -0.136.